The molecule has 0 aromatic carbocycles. The van der Waals surface area contributed by atoms with Gasteiger partial charge in [0.2, 0.25) is 0 Å². The molecule has 0 amide bonds. The van der Waals surface area contributed by atoms with Crippen LogP contribution in [-0.4, -0.2) is 89.9 Å². The van der Waals surface area contributed by atoms with Crippen LogP contribution in [0.1, 0.15) is 26.7 Å². The maximum atomic E-state index is 8.93. The van der Waals surface area contributed by atoms with Gasteiger partial charge in [-0.3, -0.25) is 0 Å². The Morgan fingerprint density at radius 1 is 1.13 bits per heavy atom. The number of hydrogen-bond donors (Lipinski definition) is 3. The van der Waals surface area contributed by atoms with E-state index in [9.17, 15) is 0 Å². The first kappa shape index (κ1) is 21.3. The number of nitrogens with two attached hydrogens (primary N) is 1. The topological polar surface area (TPSA) is 69.7 Å². The fourth-order valence-corrected chi connectivity index (χ4v) is 1.03. The monoisotopic (exact) mass is 278 g/mol. The van der Waals surface area contributed by atoms with Crippen LogP contribution in [0.5, 0.6) is 0 Å². The van der Waals surface area contributed by atoms with Crippen molar-refractivity contribution in [2.45, 2.75) is 26.7 Å². The predicted octanol–water partition coefficient (Wildman–Crippen LogP) is 1.09. The maximum absolute atomic E-state index is 8.93. The Kier molecular flexibility index (Phi) is 21.3. The standard InChI is InChI=1S/C7H15NOS.CH3NOS.K.H/c1-3-5-8(6-4-2)7(9)10;2-1(3)4;;/h3-6H2,1-2H3,(H,9,10);(H3,2,3,4);;. The zero-order valence-corrected chi connectivity index (χ0v) is 10.2. The summed E-state index contributed by atoms with van der Waals surface area (Å²) in [6.07, 6.45) is 2.06. The summed E-state index contributed by atoms with van der Waals surface area (Å²) >= 11 is 8.50. The Labute approximate surface area is 145 Å². The Hall–Kier alpha value is 1.02. The third-order valence-corrected chi connectivity index (χ3v) is 1.52. The molecule has 0 unspecified atom stereocenters. The Bertz CT molecular complexity index is 172. The van der Waals surface area contributed by atoms with Gasteiger partial charge in [-0.2, -0.15) is 0 Å². The van der Waals surface area contributed by atoms with Gasteiger partial charge in [-0.05, 0) is 37.3 Å². The molecule has 0 aliphatic rings. The van der Waals surface area contributed by atoms with Crippen LogP contribution < -0.4 is 5.73 Å². The van der Waals surface area contributed by atoms with Crippen molar-refractivity contribution in [3.63, 3.8) is 0 Å². The summed E-state index contributed by atoms with van der Waals surface area (Å²) < 4.78 is 0. The van der Waals surface area contributed by atoms with Crippen molar-refractivity contribution >= 4 is 86.2 Å². The number of aliphatic hydroxyl groups excluding tert-OH is 2. The van der Waals surface area contributed by atoms with Crippen molar-refractivity contribution in [1.29, 1.82) is 0 Å². The van der Waals surface area contributed by atoms with Crippen LogP contribution in [-0.2, 0) is 0 Å². The van der Waals surface area contributed by atoms with Gasteiger partial charge < -0.3 is 20.8 Å². The van der Waals surface area contributed by atoms with Crippen molar-refractivity contribution in [2.24, 2.45) is 5.73 Å². The molecule has 0 aromatic heterocycles. The van der Waals surface area contributed by atoms with Gasteiger partial charge in [0, 0.05) is 13.1 Å². The van der Waals surface area contributed by atoms with E-state index in [1.54, 1.807) is 0 Å². The average molecular weight is 278 g/mol. The summed E-state index contributed by atoms with van der Waals surface area (Å²) in [6.45, 7) is 5.87. The fraction of sp³-hybridized carbons (Fsp3) is 0.750. The summed E-state index contributed by atoms with van der Waals surface area (Å²) in [5.74, 6) is 0. The van der Waals surface area contributed by atoms with Gasteiger partial charge in [0.05, 0.1) is 0 Å². The van der Waals surface area contributed by atoms with Crippen LogP contribution in [0.25, 0.3) is 0 Å². The van der Waals surface area contributed by atoms with E-state index in [1.807, 2.05) is 4.90 Å². The van der Waals surface area contributed by atoms with Crippen LogP contribution in [0.3, 0.4) is 0 Å². The molecule has 4 N–H and O–H groups in total. The number of aliphatic hydroxyl groups is 2. The Morgan fingerprint density at radius 2 is 1.40 bits per heavy atom. The number of nitrogens with zero attached hydrogens (tertiary/aromatic N) is 1. The third kappa shape index (κ3) is 21.0. The van der Waals surface area contributed by atoms with Gasteiger partial charge in [0.25, 0.3) is 10.3 Å². The molecule has 15 heavy (non-hydrogen) atoms. The van der Waals surface area contributed by atoms with Gasteiger partial charge in [-0.25, -0.2) is 0 Å². The van der Waals surface area contributed by atoms with Crippen molar-refractivity contribution in [3.8, 4) is 0 Å². The molecule has 0 atom stereocenters. The van der Waals surface area contributed by atoms with E-state index in [2.05, 4.69) is 44.0 Å². The molecule has 0 bridgehead atoms. The van der Waals surface area contributed by atoms with E-state index < -0.39 is 5.17 Å². The van der Waals surface area contributed by atoms with E-state index >= 15 is 0 Å². The third-order valence-electron chi connectivity index (χ3n) is 1.26. The molecular formula is C8H19KN2O2S2. The van der Waals surface area contributed by atoms with Crippen LogP contribution in [0.15, 0.2) is 0 Å². The average Bonchev–Trinajstić information content (AvgIpc) is 2.02. The molecule has 0 fully saturated rings. The van der Waals surface area contributed by atoms with Crippen molar-refractivity contribution in [1.82, 2.24) is 4.90 Å². The van der Waals surface area contributed by atoms with Crippen molar-refractivity contribution < 1.29 is 10.2 Å². The molecule has 0 rings (SSSR count). The molecule has 0 radical (unpaired) electrons. The minimum atomic E-state index is -0.500. The SMILES string of the molecule is CCCN(CCC)C(O)=S.NC(O)=S.[KH]. The molecule has 7 heteroatoms. The van der Waals surface area contributed by atoms with E-state index in [0.29, 0.717) is 0 Å². The van der Waals surface area contributed by atoms with Crippen molar-refractivity contribution in [2.75, 3.05) is 13.1 Å². The number of rotatable bonds is 4. The summed E-state index contributed by atoms with van der Waals surface area (Å²) in [4.78, 5) is 1.81. The van der Waals surface area contributed by atoms with Gasteiger partial charge in [0.1, 0.15) is 0 Å². The zero-order chi connectivity index (χ0) is 11.6. The normalized spacial score (nSPS) is 7.87. The van der Waals surface area contributed by atoms with E-state index in [-0.39, 0.29) is 56.6 Å². The van der Waals surface area contributed by atoms with E-state index in [4.69, 9.17) is 10.2 Å². The Morgan fingerprint density at radius 3 is 1.53 bits per heavy atom. The second-order valence-corrected chi connectivity index (χ2v) is 3.39. The summed E-state index contributed by atoms with van der Waals surface area (Å²) in [5.41, 5.74) is 4.40. The molecule has 0 aliphatic carbocycles. The molecule has 4 nitrogen and oxygen atoms in total. The molecule has 0 saturated carbocycles. The van der Waals surface area contributed by atoms with Crippen LogP contribution in [0.4, 0.5) is 0 Å². The van der Waals surface area contributed by atoms with Crippen LogP contribution >= 0.6 is 24.4 Å². The van der Waals surface area contributed by atoms with Gasteiger partial charge >= 0.3 is 51.4 Å². The molecule has 0 aliphatic heterocycles. The number of hydrogen-bond acceptors (Lipinski definition) is 2. The zero-order valence-electron chi connectivity index (χ0n) is 8.56. The minimum absolute atomic E-state index is 0. The van der Waals surface area contributed by atoms with Crippen LogP contribution in [0.2, 0.25) is 0 Å². The van der Waals surface area contributed by atoms with Gasteiger partial charge in [-0.1, -0.05) is 13.8 Å². The number of thiocarbonyl (C=S) groups is 2. The van der Waals surface area contributed by atoms with Gasteiger partial charge in [-0.15, -0.1) is 0 Å². The van der Waals surface area contributed by atoms with E-state index in [1.165, 1.54) is 0 Å². The molecule has 0 heterocycles. The summed E-state index contributed by atoms with van der Waals surface area (Å²) in [7, 11) is 0. The Balaban J connectivity index is -0.000000249. The summed E-state index contributed by atoms with van der Waals surface area (Å²) in [5, 5.41) is 16.0. The molecule has 0 saturated heterocycles. The van der Waals surface area contributed by atoms with Gasteiger partial charge in [0.15, 0.2) is 0 Å². The molecule has 0 aromatic rings. The van der Waals surface area contributed by atoms with Crippen LogP contribution in [0, 0.1) is 0 Å². The summed E-state index contributed by atoms with van der Waals surface area (Å²) in [6, 6.07) is 0. The second-order valence-electron chi connectivity index (χ2n) is 2.61. The first-order valence-electron chi connectivity index (χ1n) is 4.41. The molecule has 0 spiro atoms. The second kappa shape index (κ2) is 15.0. The van der Waals surface area contributed by atoms with Crippen molar-refractivity contribution in [3.05, 3.63) is 0 Å². The first-order valence-corrected chi connectivity index (χ1v) is 5.23. The fourth-order valence-electron chi connectivity index (χ4n) is 0.843. The molecular weight excluding hydrogens is 259 g/mol. The predicted molar refractivity (Wildman–Crippen MR) is 73.9 cm³/mol. The first-order chi connectivity index (χ1) is 6.45. The molecule has 86 valence electrons. The quantitative estimate of drug-likeness (QED) is 0.528. The van der Waals surface area contributed by atoms with E-state index in [0.717, 1.165) is 25.9 Å².